The van der Waals surface area contributed by atoms with Crippen LogP contribution >= 0.6 is 11.8 Å². The van der Waals surface area contributed by atoms with Crippen molar-refractivity contribution in [3.8, 4) is 0 Å². The Labute approximate surface area is 160 Å². The summed E-state index contributed by atoms with van der Waals surface area (Å²) < 4.78 is 0. The Bertz CT molecular complexity index is 603. The number of likely N-dealkylation sites (tertiary alicyclic amines) is 1. The first kappa shape index (κ1) is 22.1. The molecule has 0 saturated carbocycles. The molecule has 150 valence electrons. The maximum absolute atomic E-state index is 12.3. The highest BCUT2D eigenvalue weighted by Crippen LogP contribution is 2.23. The fraction of sp³-hybridized carbons (Fsp3) is 0.706. The zero-order chi connectivity index (χ0) is 20.0. The summed E-state index contributed by atoms with van der Waals surface area (Å²) in [7, 11) is 0. The molecule has 3 atom stereocenters. The number of imide groups is 1. The Morgan fingerprint density at radius 3 is 2.31 bits per heavy atom. The third-order valence-electron chi connectivity index (χ3n) is 4.28. The number of carbonyl (C=O) groups excluding carboxylic acids is 5. The quantitative estimate of drug-likeness (QED) is 0.558. The summed E-state index contributed by atoms with van der Waals surface area (Å²) in [5.41, 5.74) is 0. The van der Waals surface area contributed by atoms with Gasteiger partial charge in [0, 0.05) is 22.2 Å². The monoisotopic (exact) mass is 389 g/mol. The van der Waals surface area contributed by atoms with Gasteiger partial charge in [-0.15, -0.1) is 0 Å². The number of thioether (sulfide) groups is 1. The average molecular weight is 390 g/mol. The maximum Gasteiger partial charge on any atom is 0.243 e. The van der Waals surface area contributed by atoms with Crippen LogP contribution in [-0.2, 0) is 24.0 Å². The zero-order valence-corrected chi connectivity index (χ0v) is 16.6. The molecule has 0 spiro atoms. The van der Waals surface area contributed by atoms with Gasteiger partial charge in [0.2, 0.25) is 23.6 Å². The Morgan fingerprint density at radius 2 is 1.85 bits per heavy atom. The van der Waals surface area contributed by atoms with E-state index in [1.807, 2.05) is 0 Å². The number of ketones is 1. The Hall–Kier alpha value is -1.90. The Morgan fingerprint density at radius 1 is 1.23 bits per heavy atom. The molecular weight excluding hydrogens is 358 g/mol. The molecule has 0 aromatic heterocycles. The van der Waals surface area contributed by atoms with Crippen molar-refractivity contribution in [3.05, 3.63) is 0 Å². The lowest BCUT2D eigenvalue weighted by atomic mass is 10.0. The van der Waals surface area contributed by atoms with Crippen LogP contribution in [0.3, 0.4) is 0 Å². The smallest absolute Gasteiger partial charge is 0.243 e. The summed E-state index contributed by atoms with van der Waals surface area (Å²) in [6, 6.07) is -1.43. The van der Waals surface area contributed by atoms with Gasteiger partial charge in [0.15, 0.2) is 5.78 Å². The highest BCUT2D eigenvalue weighted by Gasteiger charge is 2.38. The molecule has 1 rings (SSSR count). The van der Waals surface area contributed by atoms with Gasteiger partial charge in [-0.1, -0.05) is 13.8 Å². The SMILES string of the molecule is CSC1CC(=O)N(CCC(=O)NC(C(=O)N[C@@H](C)C(C)=O)C(C)C)C1=O.[HH].[HH]. The number of hydrogen-bond donors (Lipinski definition) is 2. The minimum absolute atomic E-state index is 0. The third kappa shape index (κ3) is 5.82. The van der Waals surface area contributed by atoms with Gasteiger partial charge in [-0.3, -0.25) is 28.9 Å². The summed E-state index contributed by atoms with van der Waals surface area (Å²) in [5.74, 6) is -1.79. The maximum atomic E-state index is 12.3. The standard InChI is InChI=1S/C17H27N3O5S.2H2/c1-9(2)15(16(24)18-10(3)11(4)21)19-13(22)6-7-20-14(23)8-12(26-5)17(20)25;;/h9-10,12,15H,6-8H2,1-5H3,(H,18,24)(H,19,22);2*1H/t10-,12?,15?;;/m0../s1. The Balaban J connectivity index is 0. The van der Waals surface area contributed by atoms with Crippen molar-refractivity contribution in [3.63, 3.8) is 0 Å². The predicted molar refractivity (Wildman–Crippen MR) is 103 cm³/mol. The number of hydrogen-bond acceptors (Lipinski definition) is 6. The average Bonchev–Trinajstić information content (AvgIpc) is 2.83. The number of rotatable bonds is 9. The van der Waals surface area contributed by atoms with E-state index in [9.17, 15) is 24.0 Å². The van der Waals surface area contributed by atoms with Crippen molar-refractivity contribution in [1.29, 1.82) is 0 Å². The molecule has 1 heterocycles. The molecule has 0 aromatic rings. The van der Waals surface area contributed by atoms with Gasteiger partial charge in [0.1, 0.15) is 6.04 Å². The van der Waals surface area contributed by atoms with Crippen LogP contribution in [0.1, 0.15) is 43.4 Å². The molecule has 8 nitrogen and oxygen atoms in total. The second kappa shape index (κ2) is 9.70. The molecule has 1 saturated heterocycles. The highest BCUT2D eigenvalue weighted by atomic mass is 32.2. The summed E-state index contributed by atoms with van der Waals surface area (Å²) in [6.07, 6.45) is 1.85. The molecule has 2 N–H and O–H groups in total. The topological polar surface area (TPSA) is 113 Å². The lowest BCUT2D eigenvalue weighted by molar-refractivity contribution is -0.139. The molecular formula is C17H31N3O5S. The van der Waals surface area contributed by atoms with E-state index in [4.69, 9.17) is 0 Å². The van der Waals surface area contributed by atoms with Gasteiger partial charge in [-0.25, -0.2) is 0 Å². The second-order valence-electron chi connectivity index (χ2n) is 6.69. The van der Waals surface area contributed by atoms with Crippen LogP contribution in [0.25, 0.3) is 0 Å². The lowest BCUT2D eigenvalue weighted by Crippen LogP contribution is -2.53. The molecule has 2 unspecified atom stereocenters. The zero-order valence-electron chi connectivity index (χ0n) is 15.8. The Kier molecular flexibility index (Phi) is 8.26. The summed E-state index contributed by atoms with van der Waals surface area (Å²) >= 11 is 1.32. The predicted octanol–water partition coefficient (Wildman–Crippen LogP) is 0.594. The van der Waals surface area contributed by atoms with Crippen molar-refractivity contribution in [2.45, 2.75) is 57.9 Å². The molecule has 1 aliphatic heterocycles. The van der Waals surface area contributed by atoms with Crippen LogP contribution in [-0.4, -0.2) is 64.4 Å². The summed E-state index contributed by atoms with van der Waals surface area (Å²) in [6.45, 7) is 6.50. The molecule has 1 aliphatic rings. The van der Waals surface area contributed by atoms with E-state index in [0.29, 0.717) is 0 Å². The van der Waals surface area contributed by atoms with E-state index >= 15 is 0 Å². The summed E-state index contributed by atoms with van der Waals surface area (Å²) in [5, 5.41) is 4.81. The van der Waals surface area contributed by atoms with Crippen LogP contribution < -0.4 is 10.6 Å². The third-order valence-corrected chi connectivity index (χ3v) is 5.22. The first-order valence-electron chi connectivity index (χ1n) is 8.55. The summed E-state index contributed by atoms with van der Waals surface area (Å²) in [4.78, 5) is 60.7. The van der Waals surface area contributed by atoms with Crippen LogP contribution in [0.2, 0.25) is 0 Å². The minimum Gasteiger partial charge on any atom is -0.345 e. The van der Waals surface area contributed by atoms with E-state index in [1.165, 1.54) is 18.7 Å². The normalized spacial score (nSPS) is 19.5. The lowest BCUT2D eigenvalue weighted by Gasteiger charge is -2.23. The van der Waals surface area contributed by atoms with Gasteiger partial charge in [-0.05, 0) is 26.0 Å². The fourth-order valence-corrected chi connectivity index (χ4v) is 3.11. The van der Waals surface area contributed by atoms with Crippen LogP contribution in [0, 0.1) is 5.92 Å². The molecule has 0 radical (unpaired) electrons. The molecule has 0 aliphatic carbocycles. The molecule has 0 aromatic carbocycles. The van der Waals surface area contributed by atoms with Crippen LogP contribution in [0.5, 0.6) is 0 Å². The highest BCUT2D eigenvalue weighted by molar-refractivity contribution is 8.00. The first-order valence-corrected chi connectivity index (χ1v) is 9.84. The number of carbonyl (C=O) groups is 5. The van der Waals surface area contributed by atoms with Gasteiger partial charge >= 0.3 is 0 Å². The van der Waals surface area contributed by atoms with Crippen molar-refractivity contribution in [2.24, 2.45) is 5.92 Å². The fourth-order valence-electron chi connectivity index (χ4n) is 2.47. The van der Waals surface area contributed by atoms with Gasteiger partial charge < -0.3 is 10.6 Å². The first-order chi connectivity index (χ1) is 12.1. The van der Waals surface area contributed by atoms with Crippen molar-refractivity contribution < 1.29 is 26.8 Å². The number of nitrogens with one attached hydrogen (secondary N) is 2. The minimum atomic E-state index is -0.798. The van der Waals surface area contributed by atoms with Gasteiger partial charge in [0.25, 0.3) is 0 Å². The van der Waals surface area contributed by atoms with Gasteiger partial charge in [-0.2, -0.15) is 11.8 Å². The largest absolute Gasteiger partial charge is 0.345 e. The molecule has 4 amide bonds. The van der Waals surface area contributed by atoms with E-state index in [-0.39, 0.29) is 51.0 Å². The van der Waals surface area contributed by atoms with Crippen LogP contribution in [0.4, 0.5) is 0 Å². The van der Waals surface area contributed by atoms with Crippen molar-refractivity contribution in [1.82, 2.24) is 15.5 Å². The number of amides is 4. The van der Waals surface area contributed by atoms with E-state index in [1.54, 1.807) is 27.0 Å². The molecule has 26 heavy (non-hydrogen) atoms. The molecule has 0 bridgehead atoms. The number of Topliss-reactive ketones (excluding diaryl/α,β-unsaturated/α-hetero) is 1. The van der Waals surface area contributed by atoms with Crippen molar-refractivity contribution >= 4 is 41.2 Å². The van der Waals surface area contributed by atoms with Gasteiger partial charge in [0.05, 0.1) is 11.3 Å². The van der Waals surface area contributed by atoms with E-state index in [2.05, 4.69) is 10.6 Å². The molecule has 1 fully saturated rings. The van der Waals surface area contributed by atoms with E-state index in [0.717, 1.165) is 4.90 Å². The second-order valence-corrected chi connectivity index (χ2v) is 7.73. The molecule has 9 heteroatoms. The number of nitrogens with zero attached hydrogens (tertiary/aromatic N) is 1. The van der Waals surface area contributed by atoms with E-state index < -0.39 is 23.9 Å². The van der Waals surface area contributed by atoms with Crippen LogP contribution in [0.15, 0.2) is 0 Å². The van der Waals surface area contributed by atoms with Crippen molar-refractivity contribution in [2.75, 3.05) is 12.8 Å².